The SMILES string of the molecule is CCCCCCCCN(C(=O)C(CCC(N)=O)NC(=O)OC(C)(C)C)C(C(=O)NCCCC)c1ccc(C)c(C)c1. The van der Waals surface area contributed by atoms with Crippen molar-refractivity contribution in [1.29, 1.82) is 0 Å². The van der Waals surface area contributed by atoms with Crippen molar-refractivity contribution in [3.05, 3.63) is 34.9 Å². The molecule has 9 nitrogen and oxygen atoms in total. The van der Waals surface area contributed by atoms with Crippen LogP contribution in [0.3, 0.4) is 0 Å². The van der Waals surface area contributed by atoms with Crippen LogP contribution >= 0.6 is 0 Å². The third-order valence-electron chi connectivity index (χ3n) is 6.94. The number of ether oxygens (including phenoxy) is 1. The molecular weight excluding hydrogens is 520 g/mol. The molecule has 2 unspecified atom stereocenters. The fourth-order valence-electron chi connectivity index (χ4n) is 4.52. The van der Waals surface area contributed by atoms with Gasteiger partial charge in [-0.25, -0.2) is 4.79 Å². The van der Waals surface area contributed by atoms with Crippen LogP contribution in [0.5, 0.6) is 0 Å². The van der Waals surface area contributed by atoms with Crippen molar-refractivity contribution >= 4 is 23.8 Å². The molecule has 0 spiro atoms. The summed E-state index contributed by atoms with van der Waals surface area (Å²) in [4.78, 5) is 54.0. The summed E-state index contributed by atoms with van der Waals surface area (Å²) in [6.45, 7) is 14.2. The molecule has 0 radical (unpaired) electrons. The smallest absolute Gasteiger partial charge is 0.408 e. The van der Waals surface area contributed by atoms with Crippen LogP contribution in [0, 0.1) is 13.8 Å². The van der Waals surface area contributed by atoms with E-state index in [1.807, 2.05) is 39.0 Å². The number of carbonyl (C=O) groups is 4. The number of unbranched alkanes of at least 4 members (excludes halogenated alkanes) is 6. The molecule has 0 saturated carbocycles. The summed E-state index contributed by atoms with van der Waals surface area (Å²) in [5.41, 5.74) is 7.43. The first-order valence-electron chi connectivity index (χ1n) is 15.2. The van der Waals surface area contributed by atoms with Crippen molar-refractivity contribution in [2.45, 2.75) is 130 Å². The van der Waals surface area contributed by atoms with E-state index in [9.17, 15) is 19.2 Å². The van der Waals surface area contributed by atoms with Crippen molar-refractivity contribution in [3.8, 4) is 0 Å². The lowest BCUT2D eigenvalue weighted by Crippen LogP contribution is -2.53. The Hall–Kier alpha value is -3.10. The lowest BCUT2D eigenvalue weighted by atomic mass is 9.97. The molecule has 41 heavy (non-hydrogen) atoms. The van der Waals surface area contributed by atoms with Crippen molar-refractivity contribution in [2.24, 2.45) is 5.73 Å². The van der Waals surface area contributed by atoms with Gasteiger partial charge in [0, 0.05) is 19.5 Å². The van der Waals surface area contributed by atoms with Gasteiger partial charge in [0.05, 0.1) is 0 Å². The van der Waals surface area contributed by atoms with Crippen LogP contribution in [-0.4, -0.2) is 53.4 Å². The first-order valence-corrected chi connectivity index (χ1v) is 15.2. The van der Waals surface area contributed by atoms with Crippen LogP contribution in [-0.2, 0) is 19.1 Å². The molecule has 0 heterocycles. The Morgan fingerprint density at radius 3 is 2.15 bits per heavy atom. The lowest BCUT2D eigenvalue weighted by molar-refractivity contribution is -0.142. The first kappa shape index (κ1) is 35.9. The minimum absolute atomic E-state index is 0.00247. The summed E-state index contributed by atoms with van der Waals surface area (Å²) in [5, 5.41) is 5.67. The van der Waals surface area contributed by atoms with Crippen LogP contribution in [0.25, 0.3) is 0 Å². The van der Waals surface area contributed by atoms with Gasteiger partial charge in [0.2, 0.25) is 17.7 Å². The molecule has 0 aliphatic carbocycles. The molecule has 4 N–H and O–H groups in total. The van der Waals surface area contributed by atoms with E-state index in [1.54, 1.807) is 25.7 Å². The molecule has 232 valence electrons. The van der Waals surface area contributed by atoms with Crippen LogP contribution in [0.15, 0.2) is 18.2 Å². The van der Waals surface area contributed by atoms with Gasteiger partial charge in [-0.1, -0.05) is 70.6 Å². The van der Waals surface area contributed by atoms with Gasteiger partial charge in [0.1, 0.15) is 17.7 Å². The Balaban J connectivity index is 3.49. The Morgan fingerprint density at radius 1 is 0.927 bits per heavy atom. The first-order chi connectivity index (χ1) is 19.3. The number of nitrogens with one attached hydrogen (secondary N) is 2. The molecule has 0 saturated heterocycles. The molecule has 2 atom stereocenters. The van der Waals surface area contributed by atoms with E-state index in [0.717, 1.165) is 56.1 Å². The van der Waals surface area contributed by atoms with E-state index >= 15 is 0 Å². The second-order valence-corrected chi connectivity index (χ2v) is 11.9. The number of benzene rings is 1. The highest BCUT2D eigenvalue weighted by Crippen LogP contribution is 2.26. The van der Waals surface area contributed by atoms with Crippen molar-refractivity contribution in [2.75, 3.05) is 13.1 Å². The molecule has 4 amide bonds. The Labute approximate surface area is 247 Å². The Kier molecular flexibility index (Phi) is 16.1. The number of primary amides is 1. The molecule has 0 fully saturated rings. The summed E-state index contributed by atoms with van der Waals surface area (Å²) in [6, 6.07) is 3.79. The van der Waals surface area contributed by atoms with Gasteiger partial charge in [-0.2, -0.15) is 0 Å². The molecule has 0 aromatic heterocycles. The fraction of sp³-hybridized carbons (Fsp3) is 0.688. The number of nitrogens with two attached hydrogens (primary N) is 1. The van der Waals surface area contributed by atoms with Gasteiger partial charge >= 0.3 is 6.09 Å². The highest BCUT2D eigenvalue weighted by Gasteiger charge is 2.36. The third-order valence-corrected chi connectivity index (χ3v) is 6.94. The number of nitrogens with zero attached hydrogens (tertiary/aromatic N) is 1. The Bertz CT molecular complexity index is 989. The lowest BCUT2D eigenvalue weighted by Gasteiger charge is -2.35. The van der Waals surface area contributed by atoms with E-state index in [-0.39, 0.29) is 18.7 Å². The maximum absolute atomic E-state index is 14.2. The predicted molar refractivity (Wildman–Crippen MR) is 163 cm³/mol. The van der Waals surface area contributed by atoms with E-state index in [4.69, 9.17) is 10.5 Å². The highest BCUT2D eigenvalue weighted by atomic mass is 16.6. The second-order valence-electron chi connectivity index (χ2n) is 11.9. The van der Waals surface area contributed by atoms with E-state index < -0.39 is 35.6 Å². The molecule has 1 aromatic rings. The molecule has 0 aliphatic heterocycles. The quantitative estimate of drug-likeness (QED) is 0.196. The zero-order valence-electron chi connectivity index (χ0n) is 26.4. The van der Waals surface area contributed by atoms with Gasteiger partial charge in [-0.05, 0) is 70.6 Å². The minimum Gasteiger partial charge on any atom is -0.444 e. The van der Waals surface area contributed by atoms with Crippen LogP contribution in [0.1, 0.15) is 122 Å². The average molecular weight is 575 g/mol. The molecule has 1 rings (SSSR count). The monoisotopic (exact) mass is 574 g/mol. The second kappa shape index (κ2) is 18.4. The van der Waals surface area contributed by atoms with Crippen LogP contribution in [0.2, 0.25) is 0 Å². The number of alkyl carbamates (subject to hydrolysis) is 1. The van der Waals surface area contributed by atoms with Crippen LogP contribution in [0.4, 0.5) is 4.79 Å². The average Bonchev–Trinajstić information content (AvgIpc) is 2.88. The molecular formula is C32H54N4O5. The van der Waals surface area contributed by atoms with Gasteiger partial charge in [-0.15, -0.1) is 0 Å². The zero-order valence-corrected chi connectivity index (χ0v) is 26.4. The normalized spacial score (nSPS) is 12.8. The summed E-state index contributed by atoms with van der Waals surface area (Å²) >= 11 is 0. The maximum Gasteiger partial charge on any atom is 0.408 e. The Morgan fingerprint density at radius 2 is 1.56 bits per heavy atom. The number of carbonyl (C=O) groups excluding carboxylic acids is 4. The predicted octanol–water partition coefficient (Wildman–Crippen LogP) is 5.61. The molecule has 0 bridgehead atoms. The van der Waals surface area contributed by atoms with Crippen molar-refractivity contribution in [1.82, 2.24) is 15.5 Å². The summed E-state index contributed by atoms with van der Waals surface area (Å²) < 4.78 is 5.41. The standard InChI is InChI=1S/C32H54N4O5/c1-8-10-12-13-14-15-21-36(30(39)26(18-19-27(33)37)35-31(40)41-32(5,6)7)28(29(38)34-20-11-9-2)25-17-16-23(3)24(4)22-25/h16-17,22,26,28H,8-15,18-21H2,1-7H3,(H2,33,37)(H,34,38)(H,35,40). The van der Waals surface area contributed by atoms with Crippen LogP contribution < -0.4 is 16.4 Å². The number of hydrogen-bond donors (Lipinski definition) is 3. The largest absolute Gasteiger partial charge is 0.444 e. The maximum atomic E-state index is 14.2. The number of amides is 4. The molecule has 1 aromatic carbocycles. The topological polar surface area (TPSA) is 131 Å². The van der Waals surface area contributed by atoms with Gasteiger partial charge < -0.3 is 26.0 Å². The summed E-state index contributed by atoms with van der Waals surface area (Å²) in [7, 11) is 0. The van der Waals surface area contributed by atoms with Gasteiger partial charge in [-0.3, -0.25) is 14.4 Å². The van der Waals surface area contributed by atoms with E-state index in [1.165, 1.54) is 0 Å². The highest BCUT2D eigenvalue weighted by molar-refractivity contribution is 5.92. The summed E-state index contributed by atoms with van der Waals surface area (Å²) in [6.07, 6.45) is 6.92. The van der Waals surface area contributed by atoms with E-state index in [0.29, 0.717) is 25.1 Å². The number of hydrogen-bond acceptors (Lipinski definition) is 5. The zero-order chi connectivity index (χ0) is 31.0. The minimum atomic E-state index is -1.09. The van der Waals surface area contributed by atoms with E-state index in [2.05, 4.69) is 17.6 Å². The number of rotatable bonds is 18. The fourth-order valence-corrected chi connectivity index (χ4v) is 4.52. The number of aryl methyl sites for hydroxylation is 2. The van der Waals surface area contributed by atoms with Gasteiger partial charge in [0.25, 0.3) is 0 Å². The molecule has 9 heteroatoms. The van der Waals surface area contributed by atoms with Crippen molar-refractivity contribution in [3.63, 3.8) is 0 Å². The summed E-state index contributed by atoms with van der Waals surface area (Å²) in [5.74, 6) is -1.30. The third kappa shape index (κ3) is 13.9. The van der Waals surface area contributed by atoms with Gasteiger partial charge in [0.15, 0.2) is 0 Å². The van der Waals surface area contributed by atoms with Crippen molar-refractivity contribution < 1.29 is 23.9 Å². The molecule has 0 aliphatic rings.